The number of ether oxygens (including phenoxy) is 1. The van der Waals surface area contributed by atoms with Gasteiger partial charge in [0.05, 0.1) is 35.2 Å². The number of esters is 1. The third-order valence-electron chi connectivity index (χ3n) is 5.07. The Morgan fingerprint density at radius 3 is 2.55 bits per heavy atom. The Bertz CT molecular complexity index is 1190. The lowest BCUT2D eigenvalue weighted by Crippen LogP contribution is -2.23. The molecule has 10 heteroatoms. The molecule has 1 N–H and O–H groups in total. The summed E-state index contributed by atoms with van der Waals surface area (Å²) < 4.78 is 47.5. The number of benzene rings is 1. The second-order valence-electron chi connectivity index (χ2n) is 7.01. The third kappa shape index (κ3) is 4.37. The number of methoxy groups -OCH3 is 1. The van der Waals surface area contributed by atoms with Crippen molar-refractivity contribution in [1.82, 2.24) is 14.5 Å². The number of carbonyl (C=O) groups excluding carboxylic acids is 1. The molecule has 3 aromatic rings. The van der Waals surface area contributed by atoms with Gasteiger partial charge in [0.1, 0.15) is 11.6 Å². The lowest BCUT2D eigenvalue weighted by Gasteiger charge is -2.23. The van der Waals surface area contributed by atoms with Crippen LogP contribution in [0.2, 0.25) is 0 Å². The van der Waals surface area contributed by atoms with Gasteiger partial charge in [-0.05, 0) is 43.2 Å². The summed E-state index contributed by atoms with van der Waals surface area (Å²) in [6.07, 6.45) is -3.08. The van der Waals surface area contributed by atoms with Crippen molar-refractivity contribution >= 4 is 22.7 Å². The molecule has 0 unspecified atom stereocenters. The SMILES string of the molecule is CC[C@H](Nc1ccc(C(=O)OC)cn1)c1cc2c(=O)n(C)c(C)nc2cc1C(F)(F)F. The summed E-state index contributed by atoms with van der Waals surface area (Å²) in [5.74, 6) is 0.0275. The summed E-state index contributed by atoms with van der Waals surface area (Å²) in [6.45, 7) is 3.28. The topological polar surface area (TPSA) is 86.1 Å². The van der Waals surface area contributed by atoms with Gasteiger partial charge in [-0.2, -0.15) is 13.2 Å². The molecule has 1 atom stereocenters. The number of rotatable bonds is 5. The molecular formula is C21H21F3N4O3. The van der Waals surface area contributed by atoms with Crippen molar-refractivity contribution in [1.29, 1.82) is 0 Å². The predicted molar refractivity (Wildman–Crippen MR) is 109 cm³/mol. The molecule has 0 aliphatic rings. The highest BCUT2D eigenvalue weighted by molar-refractivity contribution is 5.89. The number of nitrogens with zero attached hydrogens (tertiary/aromatic N) is 3. The lowest BCUT2D eigenvalue weighted by atomic mass is 9.95. The molecule has 0 aliphatic heterocycles. The molecular weight excluding hydrogens is 413 g/mol. The Morgan fingerprint density at radius 1 is 1.29 bits per heavy atom. The number of aromatic nitrogens is 3. The molecule has 7 nitrogen and oxygen atoms in total. The van der Waals surface area contributed by atoms with Gasteiger partial charge in [0.2, 0.25) is 0 Å². The first-order valence-electron chi connectivity index (χ1n) is 9.46. The Hall–Kier alpha value is -3.43. The standard InChI is InChI=1S/C21H21F3N4O3/c1-5-16(27-18-7-6-12(10-25-18)20(30)31-4)13-8-14-17(9-15(13)21(22,23)24)26-11(2)28(3)19(14)29/h6-10,16H,5H2,1-4H3,(H,25,27)/t16-/m0/s1. The maximum absolute atomic E-state index is 13.9. The van der Waals surface area contributed by atoms with Crippen molar-refractivity contribution in [3.8, 4) is 0 Å². The van der Waals surface area contributed by atoms with Crippen LogP contribution < -0.4 is 10.9 Å². The summed E-state index contributed by atoms with van der Waals surface area (Å²) in [6, 6.07) is 4.31. The van der Waals surface area contributed by atoms with Gasteiger partial charge in [0.15, 0.2) is 0 Å². The van der Waals surface area contributed by atoms with E-state index < -0.39 is 29.3 Å². The van der Waals surface area contributed by atoms with Gasteiger partial charge in [-0.1, -0.05) is 6.92 Å². The fourth-order valence-corrected chi connectivity index (χ4v) is 3.28. The van der Waals surface area contributed by atoms with Gasteiger partial charge < -0.3 is 10.1 Å². The van der Waals surface area contributed by atoms with E-state index in [0.717, 1.165) is 6.07 Å². The minimum absolute atomic E-state index is 0.00733. The van der Waals surface area contributed by atoms with Crippen LogP contribution in [0.15, 0.2) is 35.3 Å². The zero-order valence-corrected chi connectivity index (χ0v) is 17.4. The Balaban J connectivity index is 2.11. The monoisotopic (exact) mass is 434 g/mol. The highest BCUT2D eigenvalue weighted by atomic mass is 19.4. The average molecular weight is 434 g/mol. The summed E-state index contributed by atoms with van der Waals surface area (Å²) in [7, 11) is 2.75. The molecule has 0 saturated heterocycles. The normalized spacial score (nSPS) is 12.6. The first-order valence-corrected chi connectivity index (χ1v) is 9.46. The first-order chi connectivity index (χ1) is 14.6. The number of anilines is 1. The largest absolute Gasteiger partial charge is 0.465 e. The first kappa shape index (κ1) is 22.3. The maximum Gasteiger partial charge on any atom is 0.416 e. The van der Waals surface area contributed by atoms with Gasteiger partial charge in [0.25, 0.3) is 5.56 Å². The van der Waals surface area contributed by atoms with E-state index in [0.29, 0.717) is 5.82 Å². The molecule has 31 heavy (non-hydrogen) atoms. The Morgan fingerprint density at radius 2 is 2.00 bits per heavy atom. The molecule has 1 aromatic carbocycles. The third-order valence-corrected chi connectivity index (χ3v) is 5.07. The molecule has 0 amide bonds. The number of hydrogen-bond donors (Lipinski definition) is 1. The molecule has 3 rings (SSSR count). The summed E-state index contributed by atoms with van der Waals surface area (Å²) in [4.78, 5) is 32.4. The fraction of sp³-hybridized carbons (Fsp3) is 0.333. The van der Waals surface area contributed by atoms with Crippen molar-refractivity contribution < 1.29 is 22.7 Å². The molecule has 0 bridgehead atoms. The number of alkyl halides is 3. The molecule has 0 aliphatic carbocycles. The zero-order chi connectivity index (χ0) is 22.9. The molecule has 2 aromatic heterocycles. The van der Waals surface area contributed by atoms with Crippen LogP contribution in [-0.4, -0.2) is 27.6 Å². The lowest BCUT2D eigenvalue weighted by molar-refractivity contribution is -0.138. The predicted octanol–water partition coefficient (Wildman–Crippen LogP) is 4.01. The number of carbonyl (C=O) groups is 1. The van der Waals surface area contributed by atoms with Crippen molar-refractivity contribution in [3.05, 3.63) is 63.3 Å². The van der Waals surface area contributed by atoms with Crippen molar-refractivity contribution in [3.63, 3.8) is 0 Å². The molecule has 0 saturated carbocycles. The van der Waals surface area contributed by atoms with Crippen LogP contribution in [0.3, 0.4) is 0 Å². The highest BCUT2D eigenvalue weighted by Crippen LogP contribution is 2.38. The molecule has 2 heterocycles. The van der Waals surface area contributed by atoms with Crippen LogP contribution >= 0.6 is 0 Å². The van der Waals surface area contributed by atoms with Crippen LogP contribution in [0.1, 0.15) is 46.7 Å². The molecule has 0 fully saturated rings. The second-order valence-corrected chi connectivity index (χ2v) is 7.01. The van der Waals surface area contributed by atoms with E-state index in [1.54, 1.807) is 13.8 Å². The van der Waals surface area contributed by atoms with E-state index >= 15 is 0 Å². The fourth-order valence-electron chi connectivity index (χ4n) is 3.28. The highest BCUT2D eigenvalue weighted by Gasteiger charge is 2.36. The van der Waals surface area contributed by atoms with Gasteiger partial charge in [-0.15, -0.1) is 0 Å². The smallest absolute Gasteiger partial charge is 0.416 e. The Labute approximate surface area is 175 Å². The van der Waals surface area contributed by atoms with E-state index in [4.69, 9.17) is 0 Å². The van der Waals surface area contributed by atoms with Crippen molar-refractivity contribution in [2.24, 2.45) is 7.05 Å². The number of halogens is 3. The van der Waals surface area contributed by atoms with E-state index in [1.807, 2.05) is 0 Å². The van der Waals surface area contributed by atoms with E-state index in [2.05, 4.69) is 20.0 Å². The summed E-state index contributed by atoms with van der Waals surface area (Å²) in [5.41, 5.74) is -1.16. The van der Waals surface area contributed by atoms with Crippen LogP contribution in [0.5, 0.6) is 0 Å². The van der Waals surface area contributed by atoms with Gasteiger partial charge in [-0.3, -0.25) is 9.36 Å². The number of pyridine rings is 1. The minimum Gasteiger partial charge on any atom is -0.465 e. The number of hydrogen-bond acceptors (Lipinski definition) is 6. The van der Waals surface area contributed by atoms with Gasteiger partial charge in [0, 0.05) is 13.2 Å². The second kappa shape index (κ2) is 8.37. The van der Waals surface area contributed by atoms with Crippen LogP contribution in [0.4, 0.5) is 19.0 Å². The van der Waals surface area contributed by atoms with Gasteiger partial charge >= 0.3 is 12.1 Å². The van der Waals surface area contributed by atoms with E-state index in [-0.39, 0.29) is 34.3 Å². The number of nitrogens with one attached hydrogen (secondary N) is 1. The molecule has 0 radical (unpaired) electrons. The molecule has 0 spiro atoms. The summed E-state index contributed by atoms with van der Waals surface area (Å²) >= 11 is 0. The minimum atomic E-state index is -4.64. The Kier molecular flexibility index (Phi) is 6.01. The van der Waals surface area contributed by atoms with Gasteiger partial charge in [-0.25, -0.2) is 14.8 Å². The quantitative estimate of drug-likeness (QED) is 0.611. The zero-order valence-electron chi connectivity index (χ0n) is 17.4. The molecule has 164 valence electrons. The van der Waals surface area contributed by atoms with Crippen LogP contribution in [-0.2, 0) is 18.0 Å². The maximum atomic E-state index is 13.9. The van der Waals surface area contributed by atoms with Crippen molar-refractivity contribution in [2.75, 3.05) is 12.4 Å². The van der Waals surface area contributed by atoms with E-state index in [9.17, 15) is 22.8 Å². The van der Waals surface area contributed by atoms with E-state index in [1.165, 1.54) is 43.1 Å². The van der Waals surface area contributed by atoms with Crippen LogP contribution in [0.25, 0.3) is 10.9 Å². The average Bonchev–Trinajstić information content (AvgIpc) is 2.74. The summed E-state index contributed by atoms with van der Waals surface area (Å²) in [5, 5.41) is 3.06. The van der Waals surface area contributed by atoms with Crippen LogP contribution in [0, 0.1) is 6.92 Å². The number of aryl methyl sites for hydroxylation is 1. The van der Waals surface area contributed by atoms with Crippen molar-refractivity contribution in [2.45, 2.75) is 32.5 Å². The number of fused-ring (bicyclic) bond motifs is 1.